The molecule has 106 valence electrons. The number of benzene rings is 1. The molecule has 0 spiro atoms. The standard InChI is InChI=1S/C14H20O5/c1-14(2,3)11-6-5-10(19-13(15)16)9-12(11)18-8-7-17-4/h5-6,9H,7-8H2,1-4H3,(H,15,16). The largest absolute Gasteiger partial charge is 0.511 e. The van der Waals surface area contributed by atoms with Crippen LogP contribution in [0.2, 0.25) is 0 Å². The van der Waals surface area contributed by atoms with Crippen LogP contribution in [-0.4, -0.2) is 31.6 Å². The maximum atomic E-state index is 10.5. The molecule has 0 unspecified atom stereocenters. The molecule has 0 amide bonds. The molecule has 0 atom stereocenters. The zero-order valence-corrected chi connectivity index (χ0v) is 11.7. The normalized spacial score (nSPS) is 11.2. The van der Waals surface area contributed by atoms with Gasteiger partial charge >= 0.3 is 6.16 Å². The fraction of sp³-hybridized carbons (Fsp3) is 0.500. The first-order chi connectivity index (χ1) is 8.84. The Morgan fingerprint density at radius 2 is 1.95 bits per heavy atom. The van der Waals surface area contributed by atoms with E-state index in [9.17, 15) is 4.79 Å². The van der Waals surface area contributed by atoms with Crippen molar-refractivity contribution < 1.29 is 24.1 Å². The zero-order chi connectivity index (χ0) is 14.5. The molecular formula is C14H20O5. The Morgan fingerprint density at radius 3 is 2.47 bits per heavy atom. The third kappa shape index (κ3) is 4.79. The highest BCUT2D eigenvalue weighted by atomic mass is 16.7. The first-order valence-corrected chi connectivity index (χ1v) is 6.01. The number of hydrogen-bond acceptors (Lipinski definition) is 4. The van der Waals surface area contributed by atoms with Gasteiger partial charge in [-0.25, -0.2) is 4.79 Å². The first kappa shape index (κ1) is 15.3. The molecule has 1 rings (SSSR count). The Balaban J connectivity index is 3.00. The van der Waals surface area contributed by atoms with E-state index in [1.54, 1.807) is 19.2 Å². The average molecular weight is 268 g/mol. The molecule has 5 heteroatoms. The van der Waals surface area contributed by atoms with Crippen LogP contribution in [0.15, 0.2) is 18.2 Å². The number of ether oxygens (including phenoxy) is 3. The Labute approximate surface area is 113 Å². The van der Waals surface area contributed by atoms with Crippen LogP contribution >= 0.6 is 0 Å². The van der Waals surface area contributed by atoms with Crippen molar-refractivity contribution in [3.05, 3.63) is 23.8 Å². The predicted octanol–water partition coefficient (Wildman–Crippen LogP) is 3.07. The van der Waals surface area contributed by atoms with Gasteiger partial charge in [0, 0.05) is 13.2 Å². The minimum absolute atomic E-state index is 0.107. The number of methoxy groups -OCH3 is 1. The van der Waals surface area contributed by atoms with E-state index in [-0.39, 0.29) is 11.2 Å². The van der Waals surface area contributed by atoms with Crippen LogP contribution in [0.25, 0.3) is 0 Å². The van der Waals surface area contributed by atoms with Gasteiger partial charge in [-0.15, -0.1) is 0 Å². The molecule has 0 radical (unpaired) electrons. The lowest BCUT2D eigenvalue weighted by Crippen LogP contribution is -2.15. The van der Waals surface area contributed by atoms with Gasteiger partial charge in [-0.3, -0.25) is 0 Å². The Hall–Kier alpha value is -1.75. The highest BCUT2D eigenvalue weighted by Gasteiger charge is 2.20. The lowest BCUT2D eigenvalue weighted by Gasteiger charge is -2.23. The molecule has 1 N–H and O–H groups in total. The van der Waals surface area contributed by atoms with Crippen molar-refractivity contribution in [2.75, 3.05) is 20.3 Å². The van der Waals surface area contributed by atoms with Gasteiger partial charge in [0.1, 0.15) is 18.1 Å². The lowest BCUT2D eigenvalue weighted by atomic mass is 9.86. The fourth-order valence-electron chi connectivity index (χ4n) is 1.64. The van der Waals surface area contributed by atoms with E-state index in [4.69, 9.17) is 14.6 Å². The maximum absolute atomic E-state index is 10.5. The summed E-state index contributed by atoms with van der Waals surface area (Å²) in [5, 5.41) is 8.62. The van der Waals surface area contributed by atoms with E-state index in [1.165, 1.54) is 0 Å². The number of hydrogen-bond donors (Lipinski definition) is 1. The van der Waals surface area contributed by atoms with Gasteiger partial charge in [-0.1, -0.05) is 26.8 Å². The summed E-state index contributed by atoms with van der Waals surface area (Å²) in [7, 11) is 1.60. The minimum Gasteiger partial charge on any atom is -0.491 e. The van der Waals surface area contributed by atoms with E-state index >= 15 is 0 Å². The molecule has 0 fully saturated rings. The summed E-state index contributed by atoms with van der Waals surface area (Å²) in [6, 6.07) is 5.03. The van der Waals surface area contributed by atoms with Gasteiger partial charge in [0.25, 0.3) is 0 Å². The maximum Gasteiger partial charge on any atom is 0.511 e. The molecule has 5 nitrogen and oxygen atoms in total. The Kier molecular flexibility index (Phi) is 5.18. The summed E-state index contributed by atoms with van der Waals surface area (Å²) in [6.45, 7) is 7.04. The summed E-state index contributed by atoms with van der Waals surface area (Å²) in [6.07, 6.45) is -1.34. The van der Waals surface area contributed by atoms with Crippen LogP contribution in [0.4, 0.5) is 4.79 Å². The molecule has 0 heterocycles. The van der Waals surface area contributed by atoms with Crippen molar-refractivity contribution in [1.82, 2.24) is 0 Å². The second kappa shape index (κ2) is 6.43. The van der Waals surface area contributed by atoms with E-state index < -0.39 is 6.16 Å². The molecule has 0 saturated carbocycles. The Morgan fingerprint density at radius 1 is 1.26 bits per heavy atom. The summed E-state index contributed by atoms with van der Waals surface area (Å²) in [5.74, 6) is 0.858. The van der Waals surface area contributed by atoms with E-state index in [2.05, 4.69) is 25.5 Å². The fourth-order valence-corrected chi connectivity index (χ4v) is 1.64. The summed E-state index contributed by atoms with van der Waals surface area (Å²) < 4.78 is 15.2. The van der Waals surface area contributed by atoms with Crippen molar-refractivity contribution in [3.8, 4) is 11.5 Å². The second-order valence-electron chi connectivity index (χ2n) is 5.12. The smallest absolute Gasteiger partial charge is 0.491 e. The van der Waals surface area contributed by atoms with Crippen LogP contribution in [0.1, 0.15) is 26.3 Å². The minimum atomic E-state index is -1.34. The topological polar surface area (TPSA) is 65.0 Å². The van der Waals surface area contributed by atoms with Crippen molar-refractivity contribution in [1.29, 1.82) is 0 Å². The highest BCUT2D eigenvalue weighted by molar-refractivity contribution is 5.62. The van der Waals surface area contributed by atoms with Crippen molar-refractivity contribution >= 4 is 6.16 Å². The summed E-state index contributed by atoms with van der Waals surface area (Å²) >= 11 is 0. The van der Waals surface area contributed by atoms with Crippen molar-refractivity contribution in [2.24, 2.45) is 0 Å². The van der Waals surface area contributed by atoms with Crippen LogP contribution < -0.4 is 9.47 Å². The van der Waals surface area contributed by atoms with Gasteiger partial charge in [-0.2, -0.15) is 0 Å². The lowest BCUT2D eigenvalue weighted by molar-refractivity contribution is 0.141. The number of carbonyl (C=O) groups is 1. The molecule has 1 aromatic carbocycles. The molecular weight excluding hydrogens is 248 g/mol. The van der Waals surface area contributed by atoms with Crippen molar-refractivity contribution in [3.63, 3.8) is 0 Å². The molecule has 1 aromatic rings. The van der Waals surface area contributed by atoms with Crippen LogP contribution in [-0.2, 0) is 10.2 Å². The first-order valence-electron chi connectivity index (χ1n) is 6.01. The Bertz CT molecular complexity index is 434. The number of rotatable bonds is 5. The average Bonchev–Trinajstić information content (AvgIpc) is 2.27. The molecule has 0 aliphatic carbocycles. The molecule has 0 aliphatic rings. The second-order valence-corrected chi connectivity index (χ2v) is 5.12. The van der Waals surface area contributed by atoms with Gasteiger partial charge in [0.2, 0.25) is 0 Å². The quantitative estimate of drug-likeness (QED) is 0.505. The van der Waals surface area contributed by atoms with E-state index in [0.29, 0.717) is 19.0 Å². The van der Waals surface area contributed by atoms with Crippen molar-refractivity contribution in [2.45, 2.75) is 26.2 Å². The monoisotopic (exact) mass is 268 g/mol. The summed E-state index contributed by atoms with van der Waals surface area (Å²) in [5.41, 5.74) is 0.880. The van der Waals surface area contributed by atoms with Crippen LogP contribution in [0.3, 0.4) is 0 Å². The highest BCUT2D eigenvalue weighted by Crippen LogP contribution is 2.34. The third-order valence-corrected chi connectivity index (χ3v) is 2.51. The molecule has 0 aliphatic heterocycles. The van der Waals surface area contributed by atoms with Gasteiger partial charge in [0.15, 0.2) is 0 Å². The molecule has 0 bridgehead atoms. The summed E-state index contributed by atoms with van der Waals surface area (Å²) in [4.78, 5) is 10.5. The van der Waals surface area contributed by atoms with E-state index in [0.717, 1.165) is 5.56 Å². The van der Waals surface area contributed by atoms with Crippen LogP contribution in [0, 0.1) is 0 Å². The third-order valence-electron chi connectivity index (χ3n) is 2.51. The van der Waals surface area contributed by atoms with Gasteiger partial charge in [0.05, 0.1) is 6.61 Å². The van der Waals surface area contributed by atoms with Gasteiger partial charge < -0.3 is 19.3 Å². The predicted molar refractivity (Wildman–Crippen MR) is 71.2 cm³/mol. The molecule has 19 heavy (non-hydrogen) atoms. The zero-order valence-electron chi connectivity index (χ0n) is 11.7. The van der Waals surface area contributed by atoms with E-state index in [1.807, 2.05) is 6.07 Å². The SMILES string of the molecule is COCCOc1cc(OC(=O)O)ccc1C(C)(C)C. The number of carboxylic acid groups (broad SMARTS) is 1. The van der Waals surface area contributed by atoms with Gasteiger partial charge in [-0.05, 0) is 17.0 Å². The molecule has 0 aromatic heterocycles. The van der Waals surface area contributed by atoms with Crippen LogP contribution in [0.5, 0.6) is 11.5 Å². The molecule has 0 saturated heterocycles.